The number of likely N-dealkylation sites (N-methyl/N-ethyl adjacent to an activating group) is 1. The van der Waals surface area contributed by atoms with Gasteiger partial charge in [0, 0.05) is 26.0 Å². The number of hydrogen-bond acceptors (Lipinski definition) is 7. The number of para-hydroxylation sites is 3. The predicted molar refractivity (Wildman–Crippen MR) is 188 cm³/mol. The van der Waals surface area contributed by atoms with Crippen molar-refractivity contribution < 1.29 is 37.8 Å². The Bertz CT molecular complexity index is 1820. The van der Waals surface area contributed by atoms with Crippen molar-refractivity contribution >= 4 is 23.6 Å². The Kier molecular flexibility index (Phi) is 12.6. The molecule has 4 aromatic rings. The molecule has 0 spiro atoms. The molecule has 0 saturated carbocycles. The number of ether oxygens (including phenoxy) is 3. The van der Waals surface area contributed by atoms with E-state index in [0.717, 1.165) is 5.56 Å². The van der Waals surface area contributed by atoms with Gasteiger partial charge in [-0.2, -0.15) is 0 Å². The standard InChI is InChI=1S/C39H41FN4O7/c1-26(25-50-34-17-8-9-18-35(34)51-29-14-10-13-28(40)24-29)41-38(47)31-19-20-36(45)42-32(23-27-11-4-3-5-12-27)39(48)44(2)21-22-49-33-16-7-6-15-30(33)37(46)43-31/h3-18,24,26,31-32H,19-23,25H2,1-2H3,(H,41,47)(H,42,45)(H,43,46)/t26-,31+,32-/m1/s1. The second-order valence-electron chi connectivity index (χ2n) is 12.2. The number of rotatable bonds is 9. The molecule has 3 N–H and O–H groups in total. The fraction of sp³-hybridized carbons (Fsp3) is 0.282. The maximum absolute atomic E-state index is 13.7. The Labute approximate surface area is 296 Å². The molecule has 0 fully saturated rings. The van der Waals surface area contributed by atoms with E-state index in [0.29, 0.717) is 23.0 Å². The van der Waals surface area contributed by atoms with Crippen LogP contribution >= 0.6 is 0 Å². The number of fused-ring (bicyclic) bond motifs is 1. The minimum atomic E-state index is -1.11. The van der Waals surface area contributed by atoms with Gasteiger partial charge in [-0.3, -0.25) is 19.2 Å². The summed E-state index contributed by atoms with van der Waals surface area (Å²) >= 11 is 0. The predicted octanol–water partition coefficient (Wildman–Crippen LogP) is 4.66. The van der Waals surface area contributed by atoms with E-state index in [1.54, 1.807) is 68.6 Å². The first-order valence-electron chi connectivity index (χ1n) is 16.7. The van der Waals surface area contributed by atoms with Crippen LogP contribution in [0.3, 0.4) is 0 Å². The van der Waals surface area contributed by atoms with Gasteiger partial charge in [0.25, 0.3) is 5.91 Å². The average molecular weight is 697 g/mol. The second-order valence-corrected chi connectivity index (χ2v) is 12.2. The summed E-state index contributed by atoms with van der Waals surface area (Å²) in [5.41, 5.74) is 1.08. The molecule has 3 atom stereocenters. The summed E-state index contributed by atoms with van der Waals surface area (Å²) in [6.07, 6.45) is 0.0783. The van der Waals surface area contributed by atoms with Gasteiger partial charge in [0.2, 0.25) is 17.7 Å². The van der Waals surface area contributed by atoms with Gasteiger partial charge in [0.05, 0.1) is 18.2 Å². The van der Waals surface area contributed by atoms with Gasteiger partial charge < -0.3 is 35.1 Å². The molecule has 1 aliphatic rings. The first-order chi connectivity index (χ1) is 24.7. The van der Waals surface area contributed by atoms with Gasteiger partial charge in [0.15, 0.2) is 11.5 Å². The van der Waals surface area contributed by atoms with E-state index in [1.807, 2.05) is 30.3 Å². The van der Waals surface area contributed by atoms with Crippen LogP contribution in [0.5, 0.6) is 23.0 Å². The zero-order chi connectivity index (χ0) is 36.2. The second kappa shape index (κ2) is 17.7. The normalized spacial score (nSPS) is 17.7. The molecule has 5 rings (SSSR count). The van der Waals surface area contributed by atoms with Crippen molar-refractivity contribution in [3.8, 4) is 23.0 Å². The van der Waals surface area contributed by atoms with E-state index >= 15 is 0 Å². The number of carbonyl (C=O) groups is 4. The lowest BCUT2D eigenvalue weighted by atomic mass is 10.0. The zero-order valence-corrected chi connectivity index (χ0v) is 28.5. The molecule has 1 heterocycles. The van der Waals surface area contributed by atoms with Crippen LogP contribution in [0, 0.1) is 5.82 Å². The molecule has 12 heteroatoms. The molecule has 4 aromatic carbocycles. The molecular formula is C39H41FN4O7. The van der Waals surface area contributed by atoms with Gasteiger partial charge >= 0.3 is 0 Å². The highest BCUT2D eigenvalue weighted by Gasteiger charge is 2.28. The topological polar surface area (TPSA) is 135 Å². The number of benzene rings is 4. The van der Waals surface area contributed by atoms with Gasteiger partial charge in [-0.1, -0.05) is 60.7 Å². The van der Waals surface area contributed by atoms with Gasteiger partial charge in [-0.15, -0.1) is 0 Å². The monoisotopic (exact) mass is 696 g/mol. The smallest absolute Gasteiger partial charge is 0.255 e. The lowest BCUT2D eigenvalue weighted by molar-refractivity contribution is -0.135. The molecule has 0 unspecified atom stereocenters. The van der Waals surface area contributed by atoms with Crippen molar-refractivity contribution in [2.75, 3.05) is 26.8 Å². The van der Waals surface area contributed by atoms with Crippen LogP contribution in [0.1, 0.15) is 35.7 Å². The molecule has 11 nitrogen and oxygen atoms in total. The Hall–Kier alpha value is -5.91. The molecule has 266 valence electrons. The molecule has 0 saturated heterocycles. The number of hydrogen-bond donors (Lipinski definition) is 3. The fourth-order valence-electron chi connectivity index (χ4n) is 5.46. The number of nitrogens with zero attached hydrogens (tertiary/aromatic N) is 1. The minimum Gasteiger partial charge on any atom is -0.491 e. The van der Waals surface area contributed by atoms with Gasteiger partial charge in [-0.25, -0.2) is 4.39 Å². The summed E-state index contributed by atoms with van der Waals surface area (Å²) in [6, 6.07) is 26.1. The fourth-order valence-corrected chi connectivity index (χ4v) is 5.46. The van der Waals surface area contributed by atoms with Gasteiger partial charge in [-0.05, 0) is 55.3 Å². The molecule has 51 heavy (non-hydrogen) atoms. The van der Waals surface area contributed by atoms with Gasteiger partial charge in [0.1, 0.15) is 42.6 Å². The van der Waals surface area contributed by atoms with Crippen LogP contribution in [-0.2, 0) is 20.8 Å². The zero-order valence-electron chi connectivity index (χ0n) is 28.5. The molecule has 0 bridgehead atoms. The van der Waals surface area contributed by atoms with E-state index in [1.165, 1.54) is 23.1 Å². The first-order valence-corrected chi connectivity index (χ1v) is 16.7. The summed E-state index contributed by atoms with van der Waals surface area (Å²) in [5, 5.41) is 8.47. The van der Waals surface area contributed by atoms with Crippen LogP contribution < -0.4 is 30.2 Å². The quantitative estimate of drug-likeness (QED) is 0.232. The summed E-state index contributed by atoms with van der Waals surface area (Å²) in [6.45, 7) is 2.07. The number of carbonyl (C=O) groups excluding carboxylic acids is 4. The Morgan fingerprint density at radius 2 is 1.67 bits per heavy atom. The average Bonchev–Trinajstić information content (AvgIpc) is 3.12. The van der Waals surface area contributed by atoms with Crippen molar-refractivity contribution in [2.45, 2.75) is 44.3 Å². The van der Waals surface area contributed by atoms with Crippen LogP contribution in [-0.4, -0.2) is 73.5 Å². The first kappa shape index (κ1) is 36.4. The Morgan fingerprint density at radius 3 is 2.45 bits per heavy atom. The van der Waals surface area contributed by atoms with Crippen LogP contribution in [0.2, 0.25) is 0 Å². The molecular weight excluding hydrogens is 655 g/mol. The highest BCUT2D eigenvalue weighted by Crippen LogP contribution is 2.31. The largest absolute Gasteiger partial charge is 0.491 e. The third-order valence-electron chi connectivity index (χ3n) is 8.14. The molecule has 1 aliphatic heterocycles. The van der Waals surface area contributed by atoms with Crippen LogP contribution in [0.25, 0.3) is 0 Å². The Morgan fingerprint density at radius 1 is 0.941 bits per heavy atom. The van der Waals surface area contributed by atoms with E-state index < -0.39 is 41.7 Å². The highest BCUT2D eigenvalue weighted by atomic mass is 19.1. The number of nitrogens with one attached hydrogen (secondary N) is 3. The van der Waals surface area contributed by atoms with Crippen molar-refractivity contribution in [1.82, 2.24) is 20.9 Å². The third kappa shape index (κ3) is 10.5. The Balaban J connectivity index is 1.29. The van der Waals surface area contributed by atoms with E-state index in [9.17, 15) is 23.6 Å². The summed E-state index contributed by atoms with van der Waals surface area (Å²) in [7, 11) is 1.63. The summed E-state index contributed by atoms with van der Waals surface area (Å²) < 4.78 is 31.4. The lowest BCUT2D eigenvalue weighted by Crippen LogP contribution is -2.51. The highest BCUT2D eigenvalue weighted by molar-refractivity contribution is 6.00. The van der Waals surface area contributed by atoms with Crippen LogP contribution in [0.15, 0.2) is 103 Å². The van der Waals surface area contributed by atoms with Crippen molar-refractivity contribution in [3.63, 3.8) is 0 Å². The molecule has 0 aliphatic carbocycles. The molecule has 0 aromatic heterocycles. The third-order valence-corrected chi connectivity index (χ3v) is 8.14. The number of halogens is 1. The van der Waals surface area contributed by atoms with Crippen LogP contribution in [0.4, 0.5) is 4.39 Å². The van der Waals surface area contributed by atoms with Crippen molar-refractivity contribution in [2.24, 2.45) is 0 Å². The maximum atomic E-state index is 13.7. The lowest BCUT2D eigenvalue weighted by Gasteiger charge is -2.25. The number of amides is 4. The van der Waals surface area contributed by atoms with E-state index in [2.05, 4.69) is 16.0 Å². The molecule has 4 amide bonds. The van der Waals surface area contributed by atoms with Crippen molar-refractivity contribution in [1.29, 1.82) is 0 Å². The van der Waals surface area contributed by atoms with E-state index in [4.69, 9.17) is 14.2 Å². The minimum absolute atomic E-state index is 0.0316. The maximum Gasteiger partial charge on any atom is 0.255 e. The summed E-state index contributed by atoms with van der Waals surface area (Å²) in [4.78, 5) is 55.4. The van der Waals surface area contributed by atoms with Crippen molar-refractivity contribution in [3.05, 3.63) is 120 Å². The summed E-state index contributed by atoms with van der Waals surface area (Å²) in [5.74, 6) is -0.935. The van der Waals surface area contributed by atoms with E-state index in [-0.39, 0.29) is 50.5 Å². The molecule has 0 radical (unpaired) electrons. The SMILES string of the molecule is C[C@H](COc1ccccc1Oc1cccc(F)c1)NC(=O)[C@@H]1CCC(=O)N[C@H](Cc2ccccc2)C(=O)N(C)CCOc2ccccc2C(=O)N1.